The van der Waals surface area contributed by atoms with E-state index < -0.39 is 35.3 Å². The Hall–Kier alpha value is -0.770. The molecule has 9 heteroatoms. The molecular formula is C13H16F2O6S. The average molecular weight is 338 g/mol. The summed E-state index contributed by atoms with van der Waals surface area (Å²) >= 11 is -0.469. The number of carbonyl (C=O) groups excluding carboxylic acids is 2. The maximum absolute atomic E-state index is 13.3. The van der Waals surface area contributed by atoms with Crippen LogP contribution in [0.15, 0.2) is 0 Å². The highest BCUT2D eigenvalue weighted by molar-refractivity contribution is 7.95. The number of Topliss-reactive ketones (excluding diaryl/α,β-unsaturated/α-hetero) is 1. The highest BCUT2D eigenvalue weighted by Crippen LogP contribution is 2.58. The number of ketones is 1. The van der Waals surface area contributed by atoms with Crippen LogP contribution in [-0.2, 0) is 23.7 Å². The Morgan fingerprint density at radius 2 is 1.95 bits per heavy atom. The Morgan fingerprint density at radius 3 is 2.55 bits per heavy atom. The minimum absolute atomic E-state index is 0.125. The van der Waals surface area contributed by atoms with E-state index in [0.29, 0.717) is 24.7 Å². The van der Waals surface area contributed by atoms with Gasteiger partial charge in [-0.2, -0.15) is 8.78 Å². The smallest absolute Gasteiger partial charge is 0.354 e. The molecule has 6 nitrogen and oxygen atoms in total. The first-order valence-electron chi connectivity index (χ1n) is 7.11. The van der Waals surface area contributed by atoms with Crippen molar-refractivity contribution >= 4 is 23.8 Å². The van der Waals surface area contributed by atoms with E-state index in [2.05, 4.69) is 9.37 Å². The minimum Gasteiger partial charge on any atom is -0.457 e. The summed E-state index contributed by atoms with van der Waals surface area (Å²) in [6.45, 7) is -1.24. The van der Waals surface area contributed by atoms with E-state index in [1.54, 1.807) is 0 Å². The van der Waals surface area contributed by atoms with Crippen LogP contribution in [-0.4, -0.2) is 28.9 Å². The molecule has 0 aromatic carbocycles. The van der Waals surface area contributed by atoms with Crippen LogP contribution in [0.4, 0.5) is 8.78 Å². The zero-order valence-electron chi connectivity index (χ0n) is 11.6. The number of ether oxygens (including phenoxy) is 1. The second-order valence-electron chi connectivity index (χ2n) is 6.43. The van der Waals surface area contributed by atoms with E-state index in [1.165, 1.54) is 0 Å². The Bertz CT molecular complexity index is 471. The molecule has 0 aromatic rings. The van der Waals surface area contributed by atoms with E-state index in [9.17, 15) is 18.4 Å². The molecule has 124 valence electrons. The summed E-state index contributed by atoms with van der Waals surface area (Å²) in [7, 11) is 0. The van der Waals surface area contributed by atoms with Gasteiger partial charge in [-0.25, -0.2) is 5.26 Å². The molecular weight excluding hydrogens is 322 g/mol. The molecule has 4 saturated carbocycles. The van der Waals surface area contributed by atoms with Crippen molar-refractivity contribution in [3.05, 3.63) is 0 Å². The van der Waals surface area contributed by atoms with Gasteiger partial charge in [0, 0.05) is 5.92 Å². The number of hydrogen-bond acceptors (Lipinski definition) is 7. The van der Waals surface area contributed by atoms with Crippen molar-refractivity contribution in [3.8, 4) is 0 Å². The zero-order chi connectivity index (χ0) is 16.0. The monoisotopic (exact) mass is 338 g/mol. The second kappa shape index (κ2) is 5.70. The van der Waals surface area contributed by atoms with Crippen LogP contribution >= 0.6 is 12.0 Å². The molecule has 0 amide bonds. The van der Waals surface area contributed by atoms with Gasteiger partial charge in [0.1, 0.15) is 17.5 Å². The molecule has 0 spiro atoms. The Labute approximate surface area is 129 Å². The van der Waals surface area contributed by atoms with Gasteiger partial charge >= 0.3 is 11.2 Å². The molecule has 1 N–H and O–H groups in total. The molecule has 0 saturated heterocycles. The summed E-state index contributed by atoms with van der Waals surface area (Å²) in [4.78, 5) is 24.8. The predicted molar refractivity (Wildman–Crippen MR) is 69.3 cm³/mol. The van der Waals surface area contributed by atoms with Crippen LogP contribution in [0.2, 0.25) is 0 Å². The summed E-state index contributed by atoms with van der Waals surface area (Å²) in [6, 6.07) is 0. The number of esters is 1. The van der Waals surface area contributed by atoms with Gasteiger partial charge in [0.25, 0.3) is 0 Å². The van der Waals surface area contributed by atoms with Gasteiger partial charge < -0.3 is 4.74 Å². The van der Waals surface area contributed by atoms with Gasteiger partial charge in [0.05, 0.1) is 0 Å². The SMILES string of the molecule is O=C(OCC(F)(F)SOOO)C12CC3CC(CC(C3)C1=O)C2. The summed E-state index contributed by atoms with van der Waals surface area (Å²) in [5.41, 5.74) is -1.23. The fourth-order valence-corrected chi connectivity index (χ4v) is 4.65. The third-order valence-electron chi connectivity index (χ3n) is 4.97. The van der Waals surface area contributed by atoms with Crippen LogP contribution in [0.1, 0.15) is 32.1 Å². The lowest BCUT2D eigenvalue weighted by molar-refractivity contribution is -0.433. The number of hydrogen-bond donors (Lipinski definition) is 1. The van der Waals surface area contributed by atoms with Crippen molar-refractivity contribution in [1.82, 2.24) is 0 Å². The normalized spacial score (nSPS) is 36.7. The van der Waals surface area contributed by atoms with Gasteiger partial charge in [-0.15, -0.1) is 4.33 Å². The third kappa shape index (κ3) is 2.75. The lowest BCUT2D eigenvalue weighted by atomic mass is 9.49. The maximum atomic E-state index is 13.3. The van der Waals surface area contributed by atoms with Crippen molar-refractivity contribution in [2.45, 2.75) is 37.4 Å². The summed E-state index contributed by atoms with van der Waals surface area (Å²) in [5, 5.41) is 7.38. The first-order chi connectivity index (χ1) is 10.4. The van der Waals surface area contributed by atoms with Gasteiger partial charge in [-0.1, -0.05) is 5.04 Å². The Balaban J connectivity index is 1.65. The molecule has 2 unspecified atom stereocenters. The molecule has 4 bridgehead atoms. The highest BCUT2D eigenvalue weighted by Gasteiger charge is 2.61. The van der Waals surface area contributed by atoms with Crippen LogP contribution < -0.4 is 0 Å². The molecule has 0 aromatic heterocycles. The quantitative estimate of drug-likeness (QED) is 0.262. The molecule has 4 aliphatic carbocycles. The largest absolute Gasteiger partial charge is 0.457 e. The molecule has 4 fully saturated rings. The van der Waals surface area contributed by atoms with E-state index in [-0.39, 0.29) is 11.7 Å². The summed E-state index contributed by atoms with van der Waals surface area (Å²) in [6.07, 6.45) is 3.43. The zero-order valence-corrected chi connectivity index (χ0v) is 12.4. The van der Waals surface area contributed by atoms with Crippen molar-refractivity contribution in [1.29, 1.82) is 0 Å². The Kier molecular flexibility index (Phi) is 4.17. The fourth-order valence-electron chi connectivity index (χ4n) is 4.42. The lowest BCUT2D eigenvalue weighted by Crippen LogP contribution is -2.57. The number of carbonyl (C=O) groups is 2. The Morgan fingerprint density at radius 1 is 1.32 bits per heavy atom. The number of alkyl halides is 2. The molecule has 22 heavy (non-hydrogen) atoms. The topological polar surface area (TPSA) is 82.1 Å². The van der Waals surface area contributed by atoms with Gasteiger partial charge in [-0.3, -0.25) is 9.59 Å². The van der Waals surface area contributed by atoms with Crippen molar-refractivity contribution < 1.29 is 37.7 Å². The van der Waals surface area contributed by atoms with Crippen LogP contribution in [0.5, 0.6) is 0 Å². The lowest BCUT2D eigenvalue weighted by Gasteiger charge is -2.53. The fraction of sp³-hybridized carbons (Fsp3) is 0.846. The average Bonchev–Trinajstić information content (AvgIpc) is 2.47. The van der Waals surface area contributed by atoms with E-state index in [0.717, 1.165) is 19.3 Å². The first kappa shape index (κ1) is 16.1. The highest BCUT2D eigenvalue weighted by atomic mass is 32.2. The first-order valence-corrected chi connectivity index (χ1v) is 7.86. The summed E-state index contributed by atoms with van der Waals surface area (Å²) < 4.78 is 35.0. The molecule has 2 atom stereocenters. The molecule has 0 aliphatic heterocycles. The van der Waals surface area contributed by atoms with Crippen LogP contribution in [0.3, 0.4) is 0 Å². The number of rotatable bonds is 6. The van der Waals surface area contributed by atoms with Gasteiger partial charge in [0.15, 0.2) is 12.4 Å². The standard InChI is InChI=1S/C13H16F2O6S/c14-13(15,22-21-20-18)6-19-11(17)12-4-7-1-8(5-12)3-9(2-7)10(12)16/h7-9,18H,1-6H2. The minimum atomic E-state index is -3.58. The number of halogens is 2. The van der Waals surface area contributed by atoms with Crippen molar-refractivity contribution in [2.24, 2.45) is 23.2 Å². The third-order valence-corrected chi connectivity index (χ3v) is 5.46. The maximum Gasteiger partial charge on any atom is 0.354 e. The molecule has 4 aliphatic rings. The predicted octanol–water partition coefficient (Wildman–Crippen LogP) is 2.59. The van der Waals surface area contributed by atoms with Crippen molar-refractivity contribution in [3.63, 3.8) is 0 Å². The molecule has 4 rings (SSSR count). The molecule has 0 radical (unpaired) electrons. The van der Waals surface area contributed by atoms with Crippen LogP contribution in [0, 0.1) is 23.2 Å². The van der Waals surface area contributed by atoms with Gasteiger partial charge in [-0.05, 0) is 43.9 Å². The molecule has 0 heterocycles. The van der Waals surface area contributed by atoms with Crippen molar-refractivity contribution in [2.75, 3.05) is 6.61 Å². The van der Waals surface area contributed by atoms with Crippen LogP contribution in [0.25, 0.3) is 0 Å². The summed E-state index contributed by atoms with van der Waals surface area (Å²) in [5.74, 6) is -0.510. The van der Waals surface area contributed by atoms with E-state index >= 15 is 0 Å². The second-order valence-corrected chi connectivity index (χ2v) is 7.33. The van der Waals surface area contributed by atoms with E-state index in [1.807, 2.05) is 0 Å². The van der Waals surface area contributed by atoms with E-state index in [4.69, 9.17) is 9.99 Å². The van der Waals surface area contributed by atoms with Gasteiger partial charge in [0.2, 0.25) is 0 Å².